The molecule has 0 N–H and O–H groups in total. The lowest BCUT2D eigenvalue weighted by molar-refractivity contribution is 0.306. The number of unbranched alkanes of at least 4 members (excludes halogenated alkanes) is 1. The van der Waals surface area contributed by atoms with Crippen LogP contribution in [-0.4, -0.2) is 6.61 Å². The molecule has 1 heteroatoms. The van der Waals surface area contributed by atoms with Gasteiger partial charge in [0, 0.05) is 0 Å². The van der Waals surface area contributed by atoms with Crippen molar-refractivity contribution in [1.82, 2.24) is 0 Å². The zero-order valence-corrected chi connectivity index (χ0v) is 8.96. The zero-order chi connectivity index (χ0) is 10.2. The van der Waals surface area contributed by atoms with Crippen LogP contribution in [0, 0.1) is 6.92 Å². The first-order valence-electron chi connectivity index (χ1n) is 5.38. The first-order chi connectivity index (χ1) is 6.88. The number of benzene rings is 1. The van der Waals surface area contributed by atoms with Crippen molar-refractivity contribution in [2.45, 2.75) is 32.6 Å². The number of rotatable bonds is 6. The molecule has 0 aliphatic carbocycles. The molecule has 0 fully saturated rings. The Morgan fingerprint density at radius 1 is 1.29 bits per heavy atom. The third-order valence-corrected chi connectivity index (χ3v) is 2.17. The van der Waals surface area contributed by atoms with Crippen molar-refractivity contribution in [1.29, 1.82) is 0 Å². The van der Waals surface area contributed by atoms with Crippen molar-refractivity contribution >= 4 is 0 Å². The van der Waals surface area contributed by atoms with Crippen LogP contribution in [0.5, 0.6) is 5.75 Å². The molecule has 0 unspecified atom stereocenters. The van der Waals surface area contributed by atoms with Crippen molar-refractivity contribution in [2.24, 2.45) is 0 Å². The van der Waals surface area contributed by atoms with Crippen molar-refractivity contribution in [3.05, 3.63) is 36.8 Å². The SMILES string of the molecule is [CH2]CCc1ccccc1OCCCC. The maximum absolute atomic E-state index is 5.70. The lowest BCUT2D eigenvalue weighted by atomic mass is 10.1. The van der Waals surface area contributed by atoms with Crippen molar-refractivity contribution in [3.63, 3.8) is 0 Å². The number of para-hydroxylation sites is 1. The fraction of sp³-hybridized carbons (Fsp3) is 0.462. The predicted molar refractivity (Wildman–Crippen MR) is 60.5 cm³/mol. The fourth-order valence-corrected chi connectivity index (χ4v) is 1.37. The molecule has 0 heterocycles. The first kappa shape index (κ1) is 11.1. The molecule has 0 spiro atoms. The van der Waals surface area contributed by atoms with Gasteiger partial charge in [-0.2, -0.15) is 0 Å². The summed E-state index contributed by atoms with van der Waals surface area (Å²) in [6.45, 7) is 6.86. The minimum absolute atomic E-state index is 0.824. The molecule has 0 bridgehead atoms. The van der Waals surface area contributed by atoms with Crippen LogP contribution in [-0.2, 0) is 6.42 Å². The Hall–Kier alpha value is -0.980. The third kappa shape index (κ3) is 3.41. The second-order valence-corrected chi connectivity index (χ2v) is 3.41. The summed E-state index contributed by atoms with van der Waals surface area (Å²) < 4.78 is 5.70. The molecule has 1 rings (SSSR count). The molecule has 0 saturated carbocycles. The Bertz CT molecular complexity index is 255. The molecule has 14 heavy (non-hydrogen) atoms. The van der Waals surface area contributed by atoms with E-state index >= 15 is 0 Å². The maximum atomic E-state index is 5.70. The highest BCUT2D eigenvalue weighted by atomic mass is 16.5. The molecule has 1 aromatic carbocycles. The van der Waals surface area contributed by atoms with Gasteiger partial charge in [0.2, 0.25) is 0 Å². The van der Waals surface area contributed by atoms with E-state index in [2.05, 4.69) is 26.0 Å². The molecule has 1 aromatic rings. The van der Waals surface area contributed by atoms with E-state index in [0.29, 0.717) is 0 Å². The number of aryl methyl sites for hydroxylation is 1. The van der Waals surface area contributed by atoms with E-state index in [0.717, 1.165) is 31.6 Å². The van der Waals surface area contributed by atoms with E-state index in [1.165, 1.54) is 12.0 Å². The van der Waals surface area contributed by atoms with Gasteiger partial charge in [0.15, 0.2) is 0 Å². The average Bonchev–Trinajstić information content (AvgIpc) is 2.21. The summed E-state index contributed by atoms with van der Waals surface area (Å²) in [6, 6.07) is 8.23. The quantitative estimate of drug-likeness (QED) is 0.624. The molecular weight excluding hydrogens is 172 g/mol. The second kappa shape index (κ2) is 6.47. The van der Waals surface area contributed by atoms with Gasteiger partial charge >= 0.3 is 0 Å². The van der Waals surface area contributed by atoms with E-state index in [1.807, 2.05) is 12.1 Å². The molecular formula is C13H19O. The average molecular weight is 191 g/mol. The zero-order valence-electron chi connectivity index (χ0n) is 8.96. The Morgan fingerprint density at radius 3 is 2.79 bits per heavy atom. The molecule has 0 aliphatic rings. The highest BCUT2D eigenvalue weighted by molar-refractivity contribution is 5.33. The van der Waals surface area contributed by atoms with Crippen LogP contribution in [0.2, 0.25) is 0 Å². The maximum Gasteiger partial charge on any atom is 0.122 e. The smallest absolute Gasteiger partial charge is 0.122 e. The molecule has 1 nitrogen and oxygen atoms in total. The van der Waals surface area contributed by atoms with Gasteiger partial charge in [-0.3, -0.25) is 0 Å². The molecule has 0 amide bonds. The van der Waals surface area contributed by atoms with Gasteiger partial charge in [0.05, 0.1) is 6.61 Å². The van der Waals surface area contributed by atoms with Gasteiger partial charge in [0.1, 0.15) is 5.75 Å². The Balaban J connectivity index is 2.55. The third-order valence-electron chi connectivity index (χ3n) is 2.17. The van der Waals surface area contributed by atoms with E-state index < -0.39 is 0 Å². The van der Waals surface area contributed by atoms with Crippen LogP contribution in [0.1, 0.15) is 31.7 Å². The van der Waals surface area contributed by atoms with Crippen molar-refractivity contribution in [3.8, 4) is 5.75 Å². The van der Waals surface area contributed by atoms with Gasteiger partial charge in [-0.15, -0.1) is 0 Å². The highest BCUT2D eigenvalue weighted by Gasteiger charge is 2.00. The van der Waals surface area contributed by atoms with Crippen LogP contribution in [0.15, 0.2) is 24.3 Å². The highest BCUT2D eigenvalue weighted by Crippen LogP contribution is 2.19. The van der Waals surface area contributed by atoms with Gasteiger partial charge in [-0.05, 0) is 30.9 Å². The summed E-state index contributed by atoms with van der Waals surface area (Å²) in [4.78, 5) is 0. The van der Waals surface area contributed by atoms with Crippen LogP contribution >= 0.6 is 0 Å². The minimum Gasteiger partial charge on any atom is -0.493 e. The topological polar surface area (TPSA) is 9.23 Å². The largest absolute Gasteiger partial charge is 0.493 e. The summed E-state index contributed by atoms with van der Waals surface area (Å²) in [5.41, 5.74) is 1.28. The number of hydrogen-bond donors (Lipinski definition) is 0. The fourth-order valence-electron chi connectivity index (χ4n) is 1.37. The van der Waals surface area contributed by atoms with Crippen LogP contribution in [0.3, 0.4) is 0 Å². The molecule has 77 valence electrons. The lowest BCUT2D eigenvalue weighted by Crippen LogP contribution is -1.99. The monoisotopic (exact) mass is 191 g/mol. The van der Waals surface area contributed by atoms with Gasteiger partial charge in [0.25, 0.3) is 0 Å². The van der Waals surface area contributed by atoms with E-state index in [-0.39, 0.29) is 0 Å². The van der Waals surface area contributed by atoms with Crippen LogP contribution in [0.25, 0.3) is 0 Å². The second-order valence-electron chi connectivity index (χ2n) is 3.41. The summed E-state index contributed by atoms with van der Waals surface area (Å²) in [5, 5.41) is 0. The van der Waals surface area contributed by atoms with Crippen LogP contribution < -0.4 is 4.74 Å². The lowest BCUT2D eigenvalue weighted by Gasteiger charge is -2.09. The van der Waals surface area contributed by atoms with E-state index in [4.69, 9.17) is 4.74 Å². The van der Waals surface area contributed by atoms with Crippen molar-refractivity contribution in [2.75, 3.05) is 6.61 Å². The van der Waals surface area contributed by atoms with E-state index in [9.17, 15) is 0 Å². The molecule has 0 saturated heterocycles. The molecule has 0 aromatic heterocycles. The molecule has 1 radical (unpaired) electrons. The Morgan fingerprint density at radius 2 is 2.07 bits per heavy atom. The van der Waals surface area contributed by atoms with Crippen molar-refractivity contribution < 1.29 is 4.74 Å². The van der Waals surface area contributed by atoms with Crippen LogP contribution in [0.4, 0.5) is 0 Å². The molecule has 0 aliphatic heterocycles. The molecule has 0 atom stereocenters. The normalized spacial score (nSPS) is 10.1. The summed E-state index contributed by atoms with van der Waals surface area (Å²) in [6.07, 6.45) is 4.23. The first-order valence-corrected chi connectivity index (χ1v) is 5.38. The Kier molecular flexibility index (Phi) is 5.13. The van der Waals surface area contributed by atoms with Gasteiger partial charge < -0.3 is 4.74 Å². The number of hydrogen-bond acceptors (Lipinski definition) is 1. The summed E-state index contributed by atoms with van der Waals surface area (Å²) in [7, 11) is 0. The minimum atomic E-state index is 0.824. The standard InChI is InChI=1S/C13H19O/c1-3-5-11-14-13-10-7-6-9-12(13)8-4-2/h6-7,9-10H,2-5,8,11H2,1H3. The van der Waals surface area contributed by atoms with Gasteiger partial charge in [-0.25, -0.2) is 0 Å². The van der Waals surface area contributed by atoms with Gasteiger partial charge in [-0.1, -0.05) is 38.5 Å². The predicted octanol–water partition coefficient (Wildman–Crippen LogP) is 3.63. The Labute approximate surface area is 87.1 Å². The number of ether oxygens (including phenoxy) is 1. The summed E-state index contributed by atoms with van der Waals surface area (Å²) in [5.74, 6) is 1.03. The van der Waals surface area contributed by atoms with E-state index in [1.54, 1.807) is 0 Å². The summed E-state index contributed by atoms with van der Waals surface area (Å²) >= 11 is 0.